The summed E-state index contributed by atoms with van der Waals surface area (Å²) in [7, 11) is -1.81. The van der Waals surface area contributed by atoms with Gasteiger partial charge in [0.25, 0.3) is 0 Å². The van der Waals surface area contributed by atoms with Crippen LogP contribution in [0.4, 0.5) is 0 Å². The Morgan fingerprint density at radius 3 is 1.25 bits per heavy atom. The second kappa shape index (κ2) is 9.69. The molecule has 0 spiro atoms. The molecule has 0 radical (unpaired) electrons. The van der Waals surface area contributed by atoms with Crippen molar-refractivity contribution in [2.45, 2.75) is 6.16 Å². The van der Waals surface area contributed by atoms with Crippen LogP contribution in [0, 0.1) is 3.57 Å². The molecule has 0 aliphatic rings. The van der Waals surface area contributed by atoms with Gasteiger partial charge >= 0.3 is 0 Å². The average Bonchev–Trinajstić information content (AvgIpc) is 2.75. The molecule has 0 bridgehead atoms. The van der Waals surface area contributed by atoms with E-state index in [9.17, 15) is 0 Å². The number of hydrogen-bond donors (Lipinski definition) is 0. The van der Waals surface area contributed by atoms with E-state index in [0.29, 0.717) is 0 Å². The molecule has 0 saturated carbocycles. The molecule has 28 heavy (non-hydrogen) atoms. The van der Waals surface area contributed by atoms with E-state index in [1.807, 2.05) is 0 Å². The van der Waals surface area contributed by atoms with Crippen molar-refractivity contribution in [3.05, 3.63) is 124 Å². The van der Waals surface area contributed by atoms with E-state index in [0.717, 1.165) is 6.16 Å². The summed E-state index contributed by atoms with van der Waals surface area (Å²) < 4.78 is 1.34. The van der Waals surface area contributed by atoms with Gasteiger partial charge in [-0.1, -0.05) is 72.8 Å². The maximum Gasteiger partial charge on any atom is 0.116 e. The topological polar surface area (TPSA) is 0 Å². The van der Waals surface area contributed by atoms with Crippen LogP contribution in [0.1, 0.15) is 5.56 Å². The van der Waals surface area contributed by atoms with Crippen molar-refractivity contribution in [3.63, 3.8) is 0 Å². The lowest BCUT2D eigenvalue weighted by atomic mass is 10.2. The molecule has 0 N–H and O–H groups in total. The van der Waals surface area contributed by atoms with Gasteiger partial charge in [0, 0.05) is 9.13 Å². The summed E-state index contributed by atoms with van der Waals surface area (Å²) in [6.45, 7) is 0. The van der Waals surface area contributed by atoms with Crippen LogP contribution in [0.2, 0.25) is 0 Å². The molecule has 140 valence electrons. The van der Waals surface area contributed by atoms with E-state index in [1.165, 1.54) is 25.0 Å². The molecule has 4 aromatic carbocycles. The summed E-state index contributed by atoms with van der Waals surface area (Å²) in [5.41, 5.74) is 1.42. The third kappa shape index (κ3) is 4.17. The van der Waals surface area contributed by atoms with Crippen LogP contribution < -0.4 is 28.3 Å². The van der Waals surface area contributed by atoms with Crippen LogP contribution in [0.5, 0.6) is 0 Å². The Morgan fingerprint density at radius 1 is 0.500 bits per heavy atom. The molecule has 4 aromatic rings. The van der Waals surface area contributed by atoms with Crippen molar-refractivity contribution in [2.24, 2.45) is 0 Å². The Morgan fingerprint density at radius 2 is 0.857 bits per heavy atom. The van der Waals surface area contributed by atoms with Crippen molar-refractivity contribution < 1.29 is 12.4 Å². The van der Waals surface area contributed by atoms with Crippen LogP contribution in [-0.4, -0.2) is 0 Å². The fourth-order valence-corrected chi connectivity index (χ4v) is 8.80. The van der Waals surface area contributed by atoms with Crippen LogP contribution in [0.3, 0.4) is 0 Å². The van der Waals surface area contributed by atoms with Crippen molar-refractivity contribution in [1.82, 2.24) is 0 Å². The minimum absolute atomic E-state index is 0. The van der Waals surface area contributed by atoms with Gasteiger partial charge < -0.3 is 12.4 Å². The SMILES string of the molecule is Ic1ccccc1C[P+](c1ccccc1)(c1ccccc1)c1ccccc1.[Cl-]. The monoisotopic (exact) mass is 514 g/mol. The van der Waals surface area contributed by atoms with E-state index < -0.39 is 7.26 Å². The van der Waals surface area contributed by atoms with Crippen LogP contribution in [-0.2, 0) is 6.16 Å². The second-order valence-corrected chi connectivity index (χ2v) is 11.2. The highest BCUT2D eigenvalue weighted by Gasteiger charge is 2.45. The van der Waals surface area contributed by atoms with Crippen molar-refractivity contribution in [3.8, 4) is 0 Å². The van der Waals surface area contributed by atoms with E-state index in [1.54, 1.807) is 0 Å². The van der Waals surface area contributed by atoms with Crippen LogP contribution in [0.25, 0.3) is 0 Å². The highest BCUT2D eigenvalue weighted by atomic mass is 127. The van der Waals surface area contributed by atoms with Crippen molar-refractivity contribution in [2.75, 3.05) is 0 Å². The molecule has 0 atom stereocenters. The van der Waals surface area contributed by atoms with E-state index >= 15 is 0 Å². The van der Waals surface area contributed by atoms with Crippen molar-refractivity contribution >= 4 is 45.8 Å². The third-order valence-corrected chi connectivity index (χ3v) is 10.4. The summed E-state index contributed by atoms with van der Waals surface area (Å²) in [6.07, 6.45) is 1.03. The van der Waals surface area contributed by atoms with E-state index in [2.05, 4.69) is 138 Å². The number of halogens is 2. The number of rotatable bonds is 5. The highest BCUT2D eigenvalue weighted by Crippen LogP contribution is 2.58. The van der Waals surface area contributed by atoms with Gasteiger partial charge in [0.2, 0.25) is 0 Å². The van der Waals surface area contributed by atoms with Gasteiger partial charge in [-0.3, -0.25) is 0 Å². The normalized spacial score (nSPS) is 10.9. The first-order chi connectivity index (χ1) is 13.3. The number of hydrogen-bond acceptors (Lipinski definition) is 0. The Hall–Kier alpha value is -1.67. The molecule has 0 heterocycles. The zero-order chi connectivity index (χ0) is 18.5. The molecule has 4 rings (SSSR count). The quantitative estimate of drug-likeness (QED) is 0.284. The molecule has 0 amide bonds. The molecular weight excluding hydrogens is 494 g/mol. The largest absolute Gasteiger partial charge is 1.00 e. The molecule has 0 fully saturated rings. The maximum atomic E-state index is 2.48. The zero-order valence-electron chi connectivity index (χ0n) is 15.4. The van der Waals surface area contributed by atoms with E-state index in [-0.39, 0.29) is 12.4 Å². The predicted molar refractivity (Wildman–Crippen MR) is 128 cm³/mol. The molecule has 0 saturated heterocycles. The minimum Gasteiger partial charge on any atom is -1.00 e. The first kappa shape index (κ1) is 21.0. The number of benzene rings is 4. The lowest BCUT2D eigenvalue weighted by molar-refractivity contribution is -0.00000508. The summed E-state index contributed by atoms with van der Waals surface area (Å²) in [5.74, 6) is 0. The zero-order valence-corrected chi connectivity index (χ0v) is 19.2. The van der Waals surface area contributed by atoms with Crippen molar-refractivity contribution in [1.29, 1.82) is 0 Å². The first-order valence-electron chi connectivity index (χ1n) is 9.09. The third-order valence-electron chi connectivity index (χ3n) is 4.96. The highest BCUT2D eigenvalue weighted by molar-refractivity contribution is 14.1. The summed E-state index contributed by atoms with van der Waals surface area (Å²) in [5, 5.41) is 4.30. The van der Waals surface area contributed by atoms with Crippen LogP contribution in [0.15, 0.2) is 115 Å². The predicted octanol–water partition coefficient (Wildman–Crippen LogP) is 2.79. The molecule has 0 aliphatic heterocycles. The Balaban J connectivity index is 0.00000225. The van der Waals surface area contributed by atoms with E-state index in [4.69, 9.17) is 0 Å². The van der Waals surface area contributed by atoms with Gasteiger partial charge in [0.15, 0.2) is 0 Å². The fraction of sp³-hybridized carbons (Fsp3) is 0.0400. The first-order valence-corrected chi connectivity index (χ1v) is 12.1. The second-order valence-electron chi connectivity index (χ2n) is 6.57. The lowest BCUT2D eigenvalue weighted by Gasteiger charge is -2.28. The summed E-state index contributed by atoms with van der Waals surface area (Å²) in [6, 6.07) is 42.0. The summed E-state index contributed by atoms with van der Waals surface area (Å²) >= 11 is 2.48. The molecule has 0 aliphatic carbocycles. The molecule has 0 aromatic heterocycles. The van der Waals surface area contributed by atoms with Gasteiger partial charge in [-0.25, -0.2) is 0 Å². The average molecular weight is 515 g/mol. The Bertz CT molecular complexity index is 907. The molecule has 0 nitrogen and oxygen atoms in total. The fourth-order valence-electron chi connectivity index (χ4n) is 3.65. The molecule has 0 unspecified atom stereocenters. The van der Waals surface area contributed by atoms with Gasteiger partial charge in [-0.05, 0) is 65.1 Å². The maximum absolute atomic E-state index is 2.48. The smallest absolute Gasteiger partial charge is 0.116 e. The van der Waals surface area contributed by atoms with Gasteiger partial charge in [-0.15, -0.1) is 0 Å². The minimum atomic E-state index is -1.81. The Labute approximate surface area is 187 Å². The lowest BCUT2D eigenvalue weighted by Crippen LogP contribution is -3.00. The molecule has 3 heteroatoms. The van der Waals surface area contributed by atoms with Gasteiger partial charge in [0.1, 0.15) is 23.2 Å². The Kier molecular flexibility index (Phi) is 7.29. The van der Waals surface area contributed by atoms with Crippen LogP contribution >= 0.6 is 29.9 Å². The standard InChI is InChI=1S/C25H21IP.ClH/c26-25-19-11-10-12-21(25)20-27(22-13-4-1-5-14-22,23-15-6-2-7-16-23)24-17-8-3-9-18-24;/h1-19H,20H2;1H/q+1;/p-1. The molecular formula is C25H21ClIP. The van der Waals surface area contributed by atoms with Gasteiger partial charge in [-0.2, -0.15) is 0 Å². The van der Waals surface area contributed by atoms with Gasteiger partial charge in [0.05, 0.1) is 6.16 Å². The summed E-state index contributed by atoms with van der Waals surface area (Å²) in [4.78, 5) is 0.